The maximum atomic E-state index is 14.3. The van der Waals surface area contributed by atoms with Crippen molar-refractivity contribution in [1.29, 1.82) is 0 Å². The number of nitrogens with zero attached hydrogens (tertiary/aromatic N) is 5. The maximum absolute atomic E-state index is 14.3. The second kappa shape index (κ2) is 13.2. The first-order valence-corrected chi connectivity index (χ1v) is 18.3. The van der Waals surface area contributed by atoms with Crippen molar-refractivity contribution in [2.45, 2.75) is 24.9 Å². The second-order valence-corrected chi connectivity index (χ2v) is 14.4. The van der Waals surface area contributed by atoms with Crippen LogP contribution in [0, 0.1) is 5.82 Å². The molecule has 0 N–H and O–H groups in total. The molecule has 0 bridgehead atoms. The van der Waals surface area contributed by atoms with Gasteiger partial charge in [0.2, 0.25) is 0 Å². The summed E-state index contributed by atoms with van der Waals surface area (Å²) >= 11 is 1.84. The maximum Gasteiger partial charge on any atom is 0.138 e. The van der Waals surface area contributed by atoms with E-state index in [4.69, 9.17) is 10.1 Å². The van der Waals surface area contributed by atoms with E-state index >= 15 is 0 Å². The van der Waals surface area contributed by atoms with Gasteiger partial charge in [-0.05, 0) is 91.2 Å². The van der Waals surface area contributed by atoms with Crippen LogP contribution in [0.15, 0.2) is 158 Å². The smallest absolute Gasteiger partial charge is 0.138 e. The average Bonchev–Trinajstić information content (AvgIpc) is 4.02. The van der Waals surface area contributed by atoms with Crippen molar-refractivity contribution in [2.24, 2.45) is 0 Å². The van der Waals surface area contributed by atoms with Gasteiger partial charge >= 0.3 is 0 Å². The molecule has 0 atom stereocenters. The highest BCUT2D eigenvalue weighted by Gasteiger charge is 2.40. The third-order valence-electron chi connectivity index (χ3n) is 10.1. The molecule has 250 valence electrons. The molecule has 7 heteroatoms. The van der Waals surface area contributed by atoms with Gasteiger partial charge in [0.25, 0.3) is 0 Å². The van der Waals surface area contributed by atoms with E-state index in [-0.39, 0.29) is 5.82 Å². The minimum atomic E-state index is -0.802. The Kier molecular flexibility index (Phi) is 8.15. The van der Waals surface area contributed by atoms with Crippen LogP contribution in [0.4, 0.5) is 4.39 Å². The number of hydrogen-bond donors (Lipinski definition) is 0. The Balaban J connectivity index is 1.25. The Morgan fingerprint density at radius 2 is 1.25 bits per heavy atom. The Hall–Kier alpha value is -5.63. The first-order chi connectivity index (χ1) is 25.2. The first kappa shape index (κ1) is 31.4. The van der Waals surface area contributed by atoms with E-state index in [1.165, 1.54) is 47.8 Å². The van der Waals surface area contributed by atoms with Crippen molar-refractivity contribution < 1.29 is 4.39 Å². The molecule has 0 unspecified atom stereocenters. The van der Waals surface area contributed by atoms with Gasteiger partial charge in [0.05, 0.1) is 16.8 Å². The van der Waals surface area contributed by atoms with E-state index in [1.54, 1.807) is 0 Å². The lowest BCUT2D eigenvalue weighted by atomic mass is 9.77. The van der Waals surface area contributed by atoms with Crippen LogP contribution in [0.25, 0.3) is 38.6 Å². The predicted molar refractivity (Wildman–Crippen MR) is 204 cm³/mol. The highest BCUT2D eigenvalue weighted by atomic mass is 32.1. The highest BCUT2D eigenvalue weighted by Crippen LogP contribution is 2.43. The van der Waals surface area contributed by atoms with Crippen LogP contribution >= 0.6 is 11.3 Å². The molecule has 0 amide bonds. The fourth-order valence-electron chi connectivity index (χ4n) is 7.60. The fraction of sp³-hybridized carbons (Fsp3) is 0.136. The number of pyridine rings is 1. The monoisotopic (exact) mass is 685 g/mol. The molecule has 0 aliphatic carbocycles. The zero-order chi connectivity index (χ0) is 34.2. The van der Waals surface area contributed by atoms with Crippen molar-refractivity contribution in [3.8, 4) is 33.0 Å². The van der Waals surface area contributed by atoms with Crippen LogP contribution < -0.4 is 0 Å². The number of thiophene rings is 1. The highest BCUT2D eigenvalue weighted by molar-refractivity contribution is 7.15. The molecule has 4 aromatic carbocycles. The quantitative estimate of drug-likeness (QED) is 0.142. The van der Waals surface area contributed by atoms with Crippen molar-refractivity contribution in [3.05, 3.63) is 186 Å². The molecule has 0 radical (unpaired) electrons. The number of hydrogen-bond acceptors (Lipinski definition) is 4. The molecule has 5 nitrogen and oxygen atoms in total. The lowest BCUT2D eigenvalue weighted by Gasteiger charge is -2.36. The Morgan fingerprint density at radius 3 is 1.88 bits per heavy atom. The molecule has 4 aromatic heterocycles. The van der Waals surface area contributed by atoms with Gasteiger partial charge in [-0.1, -0.05) is 91.0 Å². The van der Waals surface area contributed by atoms with E-state index in [0.717, 1.165) is 57.0 Å². The second-order valence-electron chi connectivity index (χ2n) is 13.2. The summed E-state index contributed by atoms with van der Waals surface area (Å²) in [6.07, 6.45) is 8.87. The third-order valence-corrected chi connectivity index (χ3v) is 11.2. The normalized spacial score (nSPS) is 13.7. The van der Waals surface area contributed by atoms with Crippen LogP contribution in [0.1, 0.15) is 34.4 Å². The number of likely N-dealkylation sites (tertiary alicyclic amines) is 1. The molecule has 8 aromatic rings. The summed E-state index contributed by atoms with van der Waals surface area (Å²) in [5.41, 5.74) is 7.92. The lowest BCUT2D eigenvalue weighted by Crippen LogP contribution is -2.38. The SMILES string of the molecule is Fc1ccc(-c2nn(C(c3ccccc3)(c3ccccc3)c3ccccc3)cc2-c2ccc3ncc(-c4ccc(CN5CCCC5)s4)n3c2)cc1. The van der Waals surface area contributed by atoms with E-state index in [1.807, 2.05) is 47.9 Å². The van der Waals surface area contributed by atoms with Crippen LogP contribution in [-0.4, -0.2) is 37.2 Å². The zero-order valence-electron chi connectivity index (χ0n) is 28.1. The summed E-state index contributed by atoms with van der Waals surface area (Å²) in [4.78, 5) is 9.90. The molecule has 1 saturated heterocycles. The Morgan fingerprint density at radius 1 is 0.647 bits per heavy atom. The van der Waals surface area contributed by atoms with Crippen molar-refractivity contribution in [2.75, 3.05) is 13.1 Å². The van der Waals surface area contributed by atoms with Crippen LogP contribution in [0.5, 0.6) is 0 Å². The standard InChI is InChI=1S/C44H36FN5S/c45-37-21-18-32(19-22-37)43-39(33-20-25-42-46-28-40(49(42)29-33)41-24-23-38(51-41)30-48-26-10-11-27-48)31-50(47-43)44(34-12-4-1-5-13-34,35-14-6-2-7-15-35)36-16-8-3-9-17-36/h1-9,12-25,28-29,31H,10-11,26-27,30H2. The van der Waals surface area contributed by atoms with Crippen LogP contribution in [-0.2, 0) is 12.1 Å². The molecular weight excluding hydrogens is 650 g/mol. The molecule has 0 spiro atoms. The molecule has 1 aliphatic rings. The number of benzene rings is 4. The minimum Gasteiger partial charge on any atom is -0.298 e. The zero-order valence-corrected chi connectivity index (χ0v) is 28.9. The molecule has 0 saturated carbocycles. The molecule has 1 fully saturated rings. The molecular formula is C44H36FN5S. The first-order valence-electron chi connectivity index (χ1n) is 17.5. The summed E-state index contributed by atoms with van der Waals surface area (Å²) in [5, 5.41) is 5.46. The van der Waals surface area contributed by atoms with Gasteiger partial charge in [-0.2, -0.15) is 5.10 Å². The summed E-state index contributed by atoms with van der Waals surface area (Å²) in [6, 6.07) is 46.9. The van der Waals surface area contributed by atoms with Gasteiger partial charge < -0.3 is 0 Å². The topological polar surface area (TPSA) is 38.4 Å². The van der Waals surface area contributed by atoms with Crippen LogP contribution in [0.2, 0.25) is 0 Å². The van der Waals surface area contributed by atoms with Crippen molar-refractivity contribution in [1.82, 2.24) is 24.1 Å². The predicted octanol–water partition coefficient (Wildman–Crippen LogP) is 10.2. The molecule has 1 aliphatic heterocycles. The van der Waals surface area contributed by atoms with Gasteiger partial charge in [-0.15, -0.1) is 11.3 Å². The molecule has 9 rings (SSSR count). The summed E-state index contributed by atoms with van der Waals surface area (Å²) < 4.78 is 18.6. The van der Waals surface area contributed by atoms with Gasteiger partial charge in [0.15, 0.2) is 0 Å². The number of imidazole rings is 1. The number of fused-ring (bicyclic) bond motifs is 1. The Labute approximate surface area is 300 Å². The lowest BCUT2D eigenvalue weighted by molar-refractivity contribution is 0.334. The molecule has 51 heavy (non-hydrogen) atoms. The van der Waals surface area contributed by atoms with E-state index < -0.39 is 5.54 Å². The number of halogens is 1. The molecule has 5 heterocycles. The van der Waals surface area contributed by atoms with Gasteiger partial charge in [-0.25, -0.2) is 9.37 Å². The summed E-state index contributed by atoms with van der Waals surface area (Å²) in [5.74, 6) is -0.281. The average molecular weight is 686 g/mol. The van der Waals surface area contributed by atoms with Crippen LogP contribution in [0.3, 0.4) is 0 Å². The fourth-order valence-corrected chi connectivity index (χ4v) is 8.65. The summed E-state index contributed by atoms with van der Waals surface area (Å²) in [7, 11) is 0. The number of aromatic nitrogens is 4. The van der Waals surface area contributed by atoms with Gasteiger partial charge in [-0.3, -0.25) is 14.0 Å². The van der Waals surface area contributed by atoms with Crippen molar-refractivity contribution in [3.63, 3.8) is 0 Å². The third kappa shape index (κ3) is 5.68. The van der Waals surface area contributed by atoms with E-state index in [0.29, 0.717) is 0 Å². The van der Waals surface area contributed by atoms with E-state index in [9.17, 15) is 4.39 Å². The van der Waals surface area contributed by atoms with Gasteiger partial charge in [0, 0.05) is 40.5 Å². The van der Waals surface area contributed by atoms with Crippen molar-refractivity contribution >= 4 is 17.0 Å². The summed E-state index contributed by atoms with van der Waals surface area (Å²) in [6.45, 7) is 3.35. The van der Waals surface area contributed by atoms with Gasteiger partial charge in [0.1, 0.15) is 22.7 Å². The minimum absolute atomic E-state index is 0.281. The van der Waals surface area contributed by atoms with E-state index in [2.05, 4.69) is 123 Å². The largest absolute Gasteiger partial charge is 0.298 e. The Bertz CT molecular complexity index is 2310. The number of rotatable bonds is 9.